The highest BCUT2D eigenvalue weighted by Gasteiger charge is 2.60. The smallest absolute Gasteiger partial charge is 0.266 e. The Morgan fingerprint density at radius 2 is 1.35 bits per heavy atom. The van der Waals surface area contributed by atoms with Crippen LogP contribution in [0.5, 0.6) is 5.75 Å². The Morgan fingerprint density at radius 3 is 2.03 bits per heavy atom. The van der Waals surface area contributed by atoms with E-state index in [1.54, 1.807) is 17.2 Å². The van der Waals surface area contributed by atoms with Gasteiger partial charge in [0, 0.05) is 0 Å². The molecule has 3 aromatic carbocycles. The van der Waals surface area contributed by atoms with Gasteiger partial charge in [-0.25, -0.2) is 9.96 Å². The van der Waals surface area contributed by atoms with Crippen molar-refractivity contribution in [3.8, 4) is 5.75 Å². The Hall–Kier alpha value is -3.64. The van der Waals surface area contributed by atoms with Gasteiger partial charge >= 0.3 is 0 Å². The van der Waals surface area contributed by atoms with E-state index in [9.17, 15) is 9.59 Å². The summed E-state index contributed by atoms with van der Waals surface area (Å²) in [6, 6.07) is 26.1. The van der Waals surface area contributed by atoms with Crippen LogP contribution in [0.3, 0.4) is 0 Å². The third kappa shape index (κ3) is 5.25. The van der Waals surface area contributed by atoms with E-state index in [-0.39, 0.29) is 11.8 Å². The monoisotopic (exact) mass is 498 g/mol. The summed E-state index contributed by atoms with van der Waals surface area (Å²) in [7, 11) is 0. The predicted octanol–water partition coefficient (Wildman–Crippen LogP) is 6.48. The molecule has 3 aromatic rings. The van der Waals surface area contributed by atoms with E-state index in [1.807, 2.05) is 72.8 Å². The van der Waals surface area contributed by atoms with Crippen LogP contribution in [0.1, 0.15) is 57.1 Å². The van der Waals surface area contributed by atoms with E-state index >= 15 is 0 Å². The molecule has 0 spiro atoms. The van der Waals surface area contributed by atoms with Gasteiger partial charge in [-0.2, -0.15) is 0 Å². The van der Waals surface area contributed by atoms with E-state index < -0.39 is 18.1 Å². The molecule has 2 aliphatic rings. The number of imide groups is 1. The Labute approximate surface area is 218 Å². The third-order valence-corrected chi connectivity index (χ3v) is 7.13. The molecule has 0 saturated carbocycles. The molecule has 2 fully saturated rings. The van der Waals surface area contributed by atoms with Crippen molar-refractivity contribution in [1.29, 1.82) is 0 Å². The summed E-state index contributed by atoms with van der Waals surface area (Å²) in [5.41, 5.74) is 2.27. The minimum absolute atomic E-state index is 0.243. The van der Waals surface area contributed by atoms with Crippen LogP contribution in [0.25, 0.3) is 0 Å². The molecule has 3 atom stereocenters. The first-order chi connectivity index (χ1) is 18.2. The Morgan fingerprint density at radius 1 is 0.730 bits per heavy atom. The lowest BCUT2D eigenvalue weighted by Gasteiger charge is -2.28. The van der Waals surface area contributed by atoms with Crippen molar-refractivity contribution in [3.05, 3.63) is 90.5 Å². The summed E-state index contributed by atoms with van der Waals surface area (Å²) in [5, 5.41) is 1.72. The Kier molecular flexibility index (Phi) is 7.85. The zero-order valence-corrected chi connectivity index (χ0v) is 21.3. The summed E-state index contributed by atoms with van der Waals surface area (Å²) in [4.78, 5) is 34.5. The van der Waals surface area contributed by atoms with Gasteiger partial charge in [-0.3, -0.25) is 14.4 Å². The summed E-state index contributed by atoms with van der Waals surface area (Å²) in [6.45, 7) is 2.92. The van der Waals surface area contributed by atoms with Crippen molar-refractivity contribution in [2.75, 3.05) is 16.6 Å². The highest BCUT2D eigenvalue weighted by atomic mass is 16.7. The first-order valence-electron chi connectivity index (χ1n) is 13.4. The van der Waals surface area contributed by atoms with E-state index in [1.165, 1.54) is 37.0 Å². The number of rotatable bonds is 11. The number of unbranched alkanes of at least 4 members (excludes halogenated alkanes) is 5. The van der Waals surface area contributed by atoms with Crippen molar-refractivity contribution < 1.29 is 19.2 Å². The van der Waals surface area contributed by atoms with Gasteiger partial charge in [0.2, 0.25) is 5.91 Å². The maximum absolute atomic E-state index is 13.7. The third-order valence-electron chi connectivity index (χ3n) is 7.13. The predicted molar refractivity (Wildman–Crippen MR) is 144 cm³/mol. The normalized spacial score (nSPS) is 20.9. The number of para-hydroxylation sites is 2. The van der Waals surface area contributed by atoms with Gasteiger partial charge in [-0.1, -0.05) is 87.6 Å². The number of benzene rings is 3. The lowest BCUT2D eigenvalue weighted by molar-refractivity contribution is -0.126. The van der Waals surface area contributed by atoms with Gasteiger partial charge < -0.3 is 4.74 Å². The molecule has 2 heterocycles. The molecule has 192 valence electrons. The standard InChI is InChI=1S/C31H34N2O4/c1-2-3-4-5-6-13-22-36-26-20-18-23(19-21-26)28-27-29(37-33(28)25-16-11-8-12-17-25)31(35)32(30(27)34)24-14-9-7-10-15-24/h7-12,14-21,27-29H,2-6,13,22H2,1H3. The number of carbonyl (C=O) groups excluding carboxylic acids is 2. The fraction of sp³-hybridized carbons (Fsp3) is 0.355. The summed E-state index contributed by atoms with van der Waals surface area (Å²) in [6.07, 6.45) is 6.44. The van der Waals surface area contributed by atoms with Crippen LogP contribution < -0.4 is 14.7 Å². The molecule has 0 aromatic heterocycles. The van der Waals surface area contributed by atoms with Gasteiger partial charge in [0.25, 0.3) is 5.91 Å². The number of hydrogen-bond acceptors (Lipinski definition) is 5. The first-order valence-corrected chi connectivity index (χ1v) is 13.4. The number of fused-ring (bicyclic) bond motifs is 1. The molecule has 2 saturated heterocycles. The maximum Gasteiger partial charge on any atom is 0.266 e. The molecular formula is C31H34N2O4. The highest BCUT2D eigenvalue weighted by molar-refractivity contribution is 6.23. The number of amides is 2. The number of hydroxylamine groups is 1. The molecule has 37 heavy (non-hydrogen) atoms. The average Bonchev–Trinajstić information content (AvgIpc) is 3.45. The molecular weight excluding hydrogens is 464 g/mol. The van der Waals surface area contributed by atoms with Crippen molar-refractivity contribution in [1.82, 2.24) is 0 Å². The highest BCUT2D eigenvalue weighted by Crippen LogP contribution is 2.47. The van der Waals surface area contributed by atoms with E-state index in [2.05, 4.69) is 6.92 Å². The van der Waals surface area contributed by atoms with Crippen LogP contribution in [0.4, 0.5) is 11.4 Å². The molecule has 0 radical (unpaired) electrons. The molecule has 2 amide bonds. The van der Waals surface area contributed by atoms with Crippen molar-refractivity contribution in [3.63, 3.8) is 0 Å². The second-order valence-electron chi connectivity index (χ2n) is 9.69. The van der Waals surface area contributed by atoms with Gasteiger partial charge in [0.1, 0.15) is 11.7 Å². The lowest BCUT2D eigenvalue weighted by Crippen LogP contribution is -2.37. The minimum atomic E-state index is -0.874. The van der Waals surface area contributed by atoms with Crippen molar-refractivity contribution in [2.24, 2.45) is 5.92 Å². The van der Waals surface area contributed by atoms with E-state index in [4.69, 9.17) is 9.57 Å². The van der Waals surface area contributed by atoms with Crippen LogP contribution in [0.15, 0.2) is 84.9 Å². The zero-order chi connectivity index (χ0) is 25.6. The number of anilines is 2. The first kappa shape index (κ1) is 25.0. The zero-order valence-electron chi connectivity index (χ0n) is 21.3. The van der Waals surface area contributed by atoms with E-state index in [0.29, 0.717) is 12.3 Å². The fourth-order valence-electron chi connectivity index (χ4n) is 5.22. The summed E-state index contributed by atoms with van der Waals surface area (Å²) >= 11 is 0. The molecule has 6 nitrogen and oxygen atoms in total. The fourth-order valence-corrected chi connectivity index (χ4v) is 5.22. The number of carbonyl (C=O) groups is 2. The molecule has 6 heteroatoms. The molecule has 5 rings (SSSR count). The molecule has 3 unspecified atom stereocenters. The number of ether oxygens (including phenoxy) is 1. The molecule has 0 bridgehead atoms. The van der Waals surface area contributed by atoms with Crippen molar-refractivity contribution >= 4 is 23.2 Å². The second-order valence-corrected chi connectivity index (χ2v) is 9.69. The van der Waals surface area contributed by atoms with Crippen LogP contribution in [-0.2, 0) is 14.4 Å². The summed E-state index contributed by atoms with van der Waals surface area (Å²) < 4.78 is 5.97. The molecule has 0 aliphatic carbocycles. The number of nitrogens with zero attached hydrogens (tertiary/aromatic N) is 2. The largest absolute Gasteiger partial charge is 0.494 e. The molecule has 2 aliphatic heterocycles. The topological polar surface area (TPSA) is 59.1 Å². The molecule has 0 N–H and O–H groups in total. The van der Waals surface area contributed by atoms with Crippen LogP contribution >= 0.6 is 0 Å². The van der Waals surface area contributed by atoms with Gasteiger partial charge in [0.15, 0.2) is 6.10 Å². The second kappa shape index (κ2) is 11.6. The SMILES string of the molecule is CCCCCCCCOc1ccc(C2C3C(=O)N(c4ccccc4)C(=O)C3ON2c2ccccc2)cc1. The number of hydrogen-bond donors (Lipinski definition) is 0. The van der Waals surface area contributed by atoms with Crippen LogP contribution in [-0.4, -0.2) is 24.5 Å². The van der Waals surface area contributed by atoms with Crippen molar-refractivity contribution in [2.45, 2.75) is 57.6 Å². The van der Waals surface area contributed by atoms with Gasteiger partial charge in [-0.15, -0.1) is 0 Å². The Bertz CT molecular complexity index is 1180. The maximum atomic E-state index is 13.7. The van der Waals surface area contributed by atoms with E-state index in [0.717, 1.165) is 23.4 Å². The average molecular weight is 499 g/mol. The Balaban J connectivity index is 1.34. The lowest BCUT2D eigenvalue weighted by atomic mass is 9.90. The summed E-state index contributed by atoms with van der Waals surface area (Å²) in [5.74, 6) is -0.418. The van der Waals surface area contributed by atoms with Gasteiger partial charge in [0.05, 0.1) is 24.0 Å². The minimum Gasteiger partial charge on any atom is -0.494 e. The van der Waals surface area contributed by atoms with Crippen LogP contribution in [0, 0.1) is 5.92 Å². The van der Waals surface area contributed by atoms with Gasteiger partial charge in [-0.05, 0) is 48.4 Å². The van der Waals surface area contributed by atoms with Crippen LogP contribution in [0.2, 0.25) is 0 Å². The quantitative estimate of drug-likeness (QED) is 0.224.